The zero-order valence-electron chi connectivity index (χ0n) is 17.4. The first-order valence-electron chi connectivity index (χ1n) is 9.14. The monoisotopic (exact) mass is 417 g/mol. The summed E-state index contributed by atoms with van der Waals surface area (Å²) in [5.41, 5.74) is 3.87. The minimum absolute atomic E-state index is 0.183. The molecule has 0 saturated carbocycles. The van der Waals surface area contributed by atoms with Gasteiger partial charge in [0.15, 0.2) is 0 Å². The first-order valence-corrected chi connectivity index (χ1v) is 11.0. The Bertz CT molecular complexity index is 1020. The lowest BCUT2D eigenvalue weighted by Gasteiger charge is -2.26. The molecule has 0 radical (unpaired) electrons. The third-order valence-corrected chi connectivity index (χ3v) is 5.88. The maximum Gasteiger partial charge on any atom is 0.243 e. The van der Waals surface area contributed by atoms with Gasteiger partial charge in [-0.25, -0.2) is 8.42 Å². The Morgan fingerprint density at radius 1 is 0.931 bits per heavy atom. The molecule has 0 saturated heterocycles. The highest BCUT2D eigenvalue weighted by Crippen LogP contribution is 2.22. The number of benzene rings is 2. The van der Waals surface area contributed by atoms with Gasteiger partial charge in [0.1, 0.15) is 6.54 Å². The molecule has 0 bridgehead atoms. The Kier molecular flexibility index (Phi) is 7.02. The second-order valence-corrected chi connectivity index (χ2v) is 9.01. The van der Waals surface area contributed by atoms with Crippen molar-refractivity contribution in [1.82, 2.24) is 4.90 Å². The number of carbonyl (C=O) groups excluding carboxylic acids is 2. The van der Waals surface area contributed by atoms with E-state index in [2.05, 4.69) is 5.32 Å². The van der Waals surface area contributed by atoms with E-state index in [0.29, 0.717) is 11.4 Å². The first-order chi connectivity index (χ1) is 13.5. The summed E-state index contributed by atoms with van der Waals surface area (Å²) in [7, 11) is -2.20. The van der Waals surface area contributed by atoms with Crippen LogP contribution in [0.25, 0.3) is 0 Å². The zero-order chi connectivity index (χ0) is 21.8. The molecule has 1 N–H and O–H groups in total. The maximum atomic E-state index is 12.6. The second kappa shape index (κ2) is 9.09. The van der Waals surface area contributed by atoms with Crippen LogP contribution in [0.4, 0.5) is 11.4 Å². The number of rotatable bonds is 7. The second-order valence-electron chi connectivity index (χ2n) is 7.10. The van der Waals surface area contributed by atoms with Gasteiger partial charge in [-0.1, -0.05) is 30.3 Å². The standard InChI is InChI=1S/C21H27N3O4S/c1-15-10-8-11-18(17(15)3)22-20(25)13-23(4)21(26)14-24(29(5,27)28)19-12-7-6-9-16(19)2/h6-12H,13-14H2,1-5H3,(H,22,25). The van der Waals surface area contributed by atoms with Crippen molar-refractivity contribution in [2.24, 2.45) is 0 Å². The SMILES string of the molecule is Cc1ccccc1N(CC(=O)N(C)CC(=O)Nc1cccc(C)c1C)S(C)(=O)=O. The van der Waals surface area contributed by atoms with Crippen LogP contribution in [0, 0.1) is 20.8 Å². The molecule has 0 atom stereocenters. The number of nitrogens with zero attached hydrogens (tertiary/aromatic N) is 2. The van der Waals surface area contributed by atoms with Gasteiger partial charge in [0.05, 0.1) is 18.5 Å². The molecule has 0 fully saturated rings. The van der Waals surface area contributed by atoms with Crippen molar-refractivity contribution in [3.05, 3.63) is 59.2 Å². The molecule has 2 aromatic rings. The predicted octanol–water partition coefficient (Wildman–Crippen LogP) is 2.47. The van der Waals surface area contributed by atoms with Crippen molar-refractivity contribution in [2.45, 2.75) is 20.8 Å². The van der Waals surface area contributed by atoms with E-state index < -0.39 is 15.9 Å². The molecule has 2 aromatic carbocycles. The Morgan fingerprint density at radius 2 is 1.55 bits per heavy atom. The van der Waals surface area contributed by atoms with Gasteiger partial charge < -0.3 is 10.2 Å². The predicted molar refractivity (Wildman–Crippen MR) is 116 cm³/mol. The first kappa shape index (κ1) is 22.4. The molecule has 0 aliphatic rings. The molecule has 0 aliphatic heterocycles. The summed E-state index contributed by atoms with van der Waals surface area (Å²) in [6, 6.07) is 12.5. The van der Waals surface area contributed by atoms with Crippen molar-refractivity contribution < 1.29 is 18.0 Å². The van der Waals surface area contributed by atoms with Crippen LogP contribution in [0.15, 0.2) is 42.5 Å². The number of aryl methyl sites for hydroxylation is 2. The maximum absolute atomic E-state index is 12.6. The quantitative estimate of drug-likeness (QED) is 0.750. The summed E-state index contributed by atoms with van der Waals surface area (Å²) in [6.07, 6.45) is 1.06. The normalized spacial score (nSPS) is 11.1. The third-order valence-electron chi connectivity index (χ3n) is 4.75. The van der Waals surface area contributed by atoms with Gasteiger partial charge in [-0.2, -0.15) is 0 Å². The van der Waals surface area contributed by atoms with Gasteiger partial charge in [0.25, 0.3) is 0 Å². The van der Waals surface area contributed by atoms with E-state index in [9.17, 15) is 18.0 Å². The highest BCUT2D eigenvalue weighted by Gasteiger charge is 2.24. The van der Waals surface area contributed by atoms with Gasteiger partial charge in [0.2, 0.25) is 21.8 Å². The summed E-state index contributed by atoms with van der Waals surface area (Å²) >= 11 is 0. The molecule has 0 aliphatic carbocycles. The van der Waals surface area contributed by atoms with E-state index in [0.717, 1.165) is 27.3 Å². The molecule has 0 heterocycles. The number of para-hydroxylation sites is 1. The lowest BCUT2D eigenvalue weighted by Crippen LogP contribution is -2.43. The van der Waals surface area contributed by atoms with E-state index >= 15 is 0 Å². The fraction of sp³-hybridized carbons (Fsp3) is 0.333. The number of anilines is 2. The van der Waals surface area contributed by atoms with Crippen molar-refractivity contribution in [3.8, 4) is 0 Å². The molecule has 2 rings (SSSR count). The van der Waals surface area contributed by atoms with Gasteiger partial charge in [-0.3, -0.25) is 13.9 Å². The smallest absolute Gasteiger partial charge is 0.243 e. The van der Waals surface area contributed by atoms with Crippen LogP contribution in [0.3, 0.4) is 0 Å². The largest absolute Gasteiger partial charge is 0.335 e. The summed E-state index contributed by atoms with van der Waals surface area (Å²) in [5, 5.41) is 2.80. The fourth-order valence-corrected chi connectivity index (χ4v) is 3.75. The minimum Gasteiger partial charge on any atom is -0.335 e. The van der Waals surface area contributed by atoms with Crippen LogP contribution in [-0.2, 0) is 19.6 Å². The molecule has 0 spiro atoms. The molecule has 156 valence electrons. The van der Waals surface area contributed by atoms with Crippen LogP contribution < -0.4 is 9.62 Å². The molecule has 29 heavy (non-hydrogen) atoms. The van der Waals surface area contributed by atoms with Crippen LogP contribution in [0.2, 0.25) is 0 Å². The lowest BCUT2D eigenvalue weighted by atomic mass is 10.1. The highest BCUT2D eigenvalue weighted by molar-refractivity contribution is 7.92. The van der Waals surface area contributed by atoms with Gasteiger partial charge in [-0.15, -0.1) is 0 Å². The van der Waals surface area contributed by atoms with E-state index in [1.807, 2.05) is 26.0 Å². The summed E-state index contributed by atoms with van der Waals surface area (Å²) in [5.74, 6) is -0.828. The third kappa shape index (κ3) is 5.80. The summed E-state index contributed by atoms with van der Waals surface area (Å²) < 4.78 is 25.6. The number of hydrogen-bond donors (Lipinski definition) is 1. The topological polar surface area (TPSA) is 86.8 Å². The van der Waals surface area contributed by atoms with E-state index in [1.54, 1.807) is 37.3 Å². The highest BCUT2D eigenvalue weighted by atomic mass is 32.2. The average Bonchev–Trinajstić information content (AvgIpc) is 2.63. The molecular weight excluding hydrogens is 390 g/mol. The summed E-state index contributed by atoms with van der Waals surface area (Å²) in [6.45, 7) is 5.08. The molecular formula is C21H27N3O4S. The minimum atomic E-state index is -3.67. The Labute approximate surface area is 172 Å². The number of amides is 2. The molecule has 0 aromatic heterocycles. The fourth-order valence-electron chi connectivity index (χ4n) is 2.85. The van der Waals surface area contributed by atoms with E-state index in [4.69, 9.17) is 0 Å². The van der Waals surface area contributed by atoms with E-state index in [-0.39, 0.29) is 19.0 Å². The number of sulfonamides is 1. The molecule has 2 amide bonds. The summed E-state index contributed by atoms with van der Waals surface area (Å²) in [4.78, 5) is 26.2. The lowest BCUT2D eigenvalue weighted by molar-refractivity contribution is -0.131. The van der Waals surface area contributed by atoms with Gasteiger partial charge in [0, 0.05) is 12.7 Å². The van der Waals surface area contributed by atoms with E-state index in [1.165, 1.54) is 11.9 Å². The average molecular weight is 418 g/mol. The van der Waals surface area contributed by atoms with Crippen LogP contribution in [0.5, 0.6) is 0 Å². The van der Waals surface area contributed by atoms with Gasteiger partial charge in [-0.05, 0) is 49.6 Å². The van der Waals surface area contributed by atoms with Crippen molar-refractivity contribution in [3.63, 3.8) is 0 Å². The van der Waals surface area contributed by atoms with Crippen LogP contribution in [0.1, 0.15) is 16.7 Å². The Morgan fingerprint density at radius 3 is 2.17 bits per heavy atom. The van der Waals surface area contributed by atoms with Crippen LogP contribution in [-0.4, -0.2) is 51.5 Å². The van der Waals surface area contributed by atoms with Crippen molar-refractivity contribution in [1.29, 1.82) is 0 Å². The zero-order valence-corrected chi connectivity index (χ0v) is 18.2. The van der Waals surface area contributed by atoms with Crippen molar-refractivity contribution >= 4 is 33.2 Å². The Balaban J connectivity index is 2.09. The van der Waals surface area contributed by atoms with Gasteiger partial charge >= 0.3 is 0 Å². The van der Waals surface area contributed by atoms with Crippen LogP contribution >= 0.6 is 0 Å². The number of hydrogen-bond acceptors (Lipinski definition) is 4. The van der Waals surface area contributed by atoms with Crippen molar-refractivity contribution in [2.75, 3.05) is 36.0 Å². The molecule has 8 heteroatoms. The number of nitrogens with one attached hydrogen (secondary N) is 1. The molecule has 7 nitrogen and oxygen atoms in total. The molecule has 0 unspecified atom stereocenters. The number of carbonyl (C=O) groups is 2. The Hall–Kier alpha value is -2.87. The number of likely N-dealkylation sites (N-methyl/N-ethyl adjacent to an activating group) is 1.